The van der Waals surface area contributed by atoms with E-state index >= 15 is 0 Å². The van der Waals surface area contributed by atoms with Crippen LogP contribution in [0.3, 0.4) is 0 Å². The van der Waals surface area contributed by atoms with Crippen LogP contribution in [0.15, 0.2) is 28.7 Å². The molecule has 0 aromatic heterocycles. The number of nitrogens with one attached hydrogen (secondary N) is 1. The Morgan fingerprint density at radius 1 is 1.42 bits per heavy atom. The smallest absolute Gasteiger partial charge is 0.150 e. The third-order valence-corrected chi connectivity index (χ3v) is 6.27. The molecule has 0 amide bonds. The van der Waals surface area contributed by atoms with E-state index < -0.39 is 9.84 Å². The molecule has 19 heavy (non-hydrogen) atoms. The van der Waals surface area contributed by atoms with Crippen molar-refractivity contribution < 1.29 is 8.42 Å². The van der Waals surface area contributed by atoms with E-state index in [-0.39, 0.29) is 11.8 Å². The Bertz CT molecular complexity index is 530. The molecule has 2 rings (SSSR count). The number of halogens is 1. The summed E-state index contributed by atoms with van der Waals surface area (Å²) in [5.41, 5.74) is 1.21. The normalized spacial score (nSPS) is 23.4. The quantitative estimate of drug-likeness (QED) is 0.891. The molecule has 0 saturated carbocycles. The fourth-order valence-corrected chi connectivity index (χ4v) is 5.21. The van der Waals surface area contributed by atoms with Gasteiger partial charge in [-0.2, -0.15) is 0 Å². The van der Waals surface area contributed by atoms with Gasteiger partial charge in [0.15, 0.2) is 9.84 Å². The summed E-state index contributed by atoms with van der Waals surface area (Å²) in [7, 11) is -2.83. The van der Waals surface area contributed by atoms with Crippen LogP contribution >= 0.6 is 15.9 Å². The molecule has 1 aromatic carbocycles. The lowest BCUT2D eigenvalue weighted by atomic mass is 9.85. The second kappa shape index (κ2) is 6.37. The Morgan fingerprint density at radius 3 is 2.74 bits per heavy atom. The molecule has 1 saturated heterocycles. The number of hydrogen-bond donors (Lipinski definition) is 1. The first-order valence-corrected chi connectivity index (χ1v) is 9.30. The molecular weight excluding hydrogens is 326 g/mol. The molecule has 1 N–H and O–H groups in total. The first-order chi connectivity index (χ1) is 9.03. The second-order valence-corrected chi connectivity index (χ2v) is 8.18. The van der Waals surface area contributed by atoms with Gasteiger partial charge in [-0.25, -0.2) is 8.42 Å². The summed E-state index contributed by atoms with van der Waals surface area (Å²) in [5, 5.41) is 3.36. The van der Waals surface area contributed by atoms with E-state index in [1.807, 2.05) is 18.2 Å². The fraction of sp³-hybridized carbons (Fsp3) is 0.571. The van der Waals surface area contributed by atoms with E-state index in [2.05, 4.69) is 34.2 Å². The third kappa shape index (κ3) is 3.80. The van der Waals surface area contributed by atoms with Gasteiger partial charge in [-0.3, -0.25) is 0 Å². The van der Waals surface area contributed by atoms with Crippen molar-refractivity contribution in [1.29, 1.82) is 0 Å². The summed E-state index contributed by atoms with van der Waals surface area (Å²) in [6.07, 6.45) is 0.778. The Balaban J connectivity index is 2.24. The molecule has 1 fully saturated rings. The maximum Gasteiger partial charge on any atom is 0.150 e. The second-order valence-electron chi connectivity index (χ2n) is 5.10. The number of rotatable bonds is 5. The van der Waals surface area contributed by atoms with Crippen LogP contribution in [0.1, 0.15) is 24.8 Å². The van der Waals surface area contributed by atoms with E-state index in [0.717, 1.165) is 24.0 Å². The van der Waals surface area contributed by atoms with Gasteiger partial charge in [-0.15, -0.1) is 0 Å². The minimum atomic E-state index is -2.83. The summed E-state index contributed by atoms with van der Waals surface area (Å²) < 4.78 is 24.5. The van der Waals surface area contributed by atoms with Crippen LogP contribution < -0.4 is 5.32 Å². The molecule has 1 aromatic rings. The van der Waals surface area contributed by atoms with Crippen LogP contribution in [0.25, 0.3) is 0 Å². The molecule has 1 aliphatic heterocycles. The van der Waals surface area contributed by atoms with Crippen molar-refractivity contribution >= 4 is 25.8 Å². The van der Waals surface area contributed by atoms with Gasteiger partial charge in [0.05, 0.1) is 11.5 Å². The topological polar surface area (TPSA) is 46.2 Å². The molecule has 0 aliphatic carbocycles. The largest absolute Gasteiger partial charge is 0.316 e. The van der Waals surface area contributed by atoms with Crippen LogP contribution in [0.4, 0.5) is 0 Å². The van der Waals surface area contributed by atoms with Gasteiger partial charge >= 0.3 is 0 Å². The molecule has 5 heteroatoms. The predicted octanol–water partition coefficient (Wildman–Crippen LogP) is 2.58. The van der Waals surface area contributed by atoms with Crippen LogP contribution in [-0.2, 0) is 9.84 Å². The van der Waals surface area contributed by atoms with Crippen molar-refractivity contribution in [3.8, 4) is 0 Å². The Morgan fingerprint density at radius 2 is 2.16 bits per heavy atom. The molecule has 0 bridgehead atoms. The SMILES string of the molecule is CCNCC(c1ccccc1Br)C1CCS(=O)(=O)C1. The highest BCUT2D eigenvalue weighted by Gasteiger charge is 2.34. The van der Waals surface area contributed by atoms with Gasteiger partial charge in [0.1, 0.15) is 0 Å². The minimum absolute atomic E-state index is 0.225. The highest BCUT2D eigenvalue weighted by molar-refractivity contribution is 9.10. The van der Waals surface area contributed by atoms with Gasteiger partial charge in [-0.1, -0.05) is 41.1 Å². The molecule has 2 unspecified atom stereocenters. The van der Waals surface area contributed by atoms with Crippen LogP contribution in [-0.4, -0.2) is 33.0 Å². The van der Waals surface area contributed by atoms with Crippen molar-refractivity contribution in [2.45, 2.75) is 19.3 Å². The lowest BCUT2D eigenvalue weighted by molar-refractivity contribution is 0.441. The molecule has 2 atom stereocenters. The van der Waals surface area contributed by atoms with E-state index in [9.17, 15) is 8.42 Å². The first kappa shape index (κ1) is 15.0. The number of benzene rings is 1. The van der Waals surface area contributed by atoms with Crippen LogP contribution in [0.2, 0.25) is 0 Å². The molecule has 1 aliphatic rings. The zero-order valence-electron chi connectivity index (χ0n) is 11.1. The van der Waals surface area contributed by atoms with Gasteiger partial charge in [-0.05, 0) is 30.5 Å². The van der Waals surface area contributed by atoms with Crippen LogP contribution in [0.5, 0.6) is 0 Å². The lowest BCUT2D eigenvalue weighted by Crippen LogP contribution is -2.27. The Kier molecular flexibility index (Phi) is 5.03. The number of sulfone groups is 1. The summed E-state index contributed by atoms with van der Waals surface area (Å²) in [6, 6.07) is 8.13. The maximum atomic E-state index is 11.7. The molecule has 0 radical (unpaired) electrons. The molecule has 106 valence electrons. The van der Waals surface area contributed by atoms with Gasteiger partial charge < -0.3 is 5.32 Å². The van der Waals surface area contributed by atoms with E-state index in [4.69, 9.17) is 0 Å². The van der Waals surface area contributed by atoms with Crippen molar-refractivity contribution in [2.24, 2.45) is 5.92 Å². The summed E-state index contributed by atoms with van der Waals surface area (Å²) in [6.45, 7) is 3.81. The maximum absolute atomic E-state index is 11.7. The van der Waals surface area contributed by atoms with Gasteiger partial charge in [0.2, 0.25) is 0 Å². The van der Waals surface area contributed by atoms with Crippen molar-refractivity contribution in [1.82, 2.24) is 5.32 Å². The predicted molar refractivity (Wildman–Crippen MR) is 82.2 cm³/mol. The van der Waals surface area contributed by atoms with Crippen molar-refractivity contribution in [2.75, 3.05) is 24.6 Å². The van der Waals surface area contributed by atoms with E-state index in [0.29, 0.717) is 11.5 Å². The average molecular weight is 346 g/mol. The number of likely N-dealkylation sites (N-methyl/N-ethyl adjacent to an activating group) is 1. The van der Waals surface area contributed by atoms with Gasteiger partial charge in [0, 0.05) is 16.9 Å². The molecule has 1 heterocycles. The van der Waals surface area contributed by atoms with E-state index in [1.54, 1.807) is 0 Å². The third-order valence-electron chi connectivity index (χ3n) is 3.76. The summed E-state index contributed by atoms with van der Waals surface area (Å²) >= 11 is 3.59. The van der Waals surface area contributed by atoms with Crippen LogP contribution in [0, 0.1) is 5.92 Å². The Labute approximate surface area is 123 Å². The zero-order valence-corrected chi connectivity index (χ0v) is 13.5. The monoisotopic (exact) mass is 345 g/mol. The number of hydrogen-bond acceptors (Lipinski definition) is 3. The Hall–Kier alpha value is -0.390. The minimum Gasteiger partial charge on any atom is -0.316 e. The van der Waals surface area contributed by atoms with Gasteiger partial charge in [0.25, 0.3) is 0 Å². The van der Waals surface area contributed by atoms with E-state index in [1.165, 1.54) is 5.56 Å². The summed E-state index contributed by atoms with van der Waals surface area (Å²) in [5.74, 6) is 1.14. The fourth-order valence-electron chi connectivity index (χ4n) is 2.75. The standard InChI is InChI=1S/C14H20BrNO2S/c1-2-16-9-13(11-7-8-19(17,18)10-11)12-5-3-4-6-14(12)15/h3-6,11,13,16H,2,7-10H2,1H3. The first-order valence-electron chi connectivity index (χ1n) is 6.69. The highest BCUT2D eigenvalue weighted by Crippen LogP contribution is 2.36. The zero-order chi connectivity index (χ0) is 13.9. The summed E-state index contributed by atoms with van der Waals surface area (Å²) in [4.78, 5) is 0. The van der Waals surface area contributed by atoms with Crippen molar-refractivity contribution in [3.63, 3.8) is 0 Å². The average Bonchev–Trinajstić information content (AvgIpc) is 2.72. The molecule has 0 spiro atoms. The highest BCUT2D eigenvalue weighted by atomic mass is 79.9. The lowest BCUT2D eigenvalue weighted by Gasteiger charge is -2.24. The molecular formula is C14H20BrNO2S. The van der Waals surface area contributed by atoms with Crippen molar-refractivity contribution in [3.05, 3.63) is 34.3 Å². The molecule has 3 nitrogen and oxygen atoms in total.